The highest BCUT2D eigenvalue weighted by atomic mass is 32.2. The van der Waals surface area contributed by atoms with Crippen molar-refractivity contribution >= 4 is 26.4 Å². The van der Waals surface area contributed by atoms with Crippen molar-refractivity contribution in [1.29, 1.82) is 5.26 Å². The van der Waals surface area contributed by atoms with Crippen LogP contribution >= 0.6 is 0 Å². The lowest BCUT2D eigenvalue weighted by Gasteiger charge is -2.14. The Bertz CT molecular complexity index is 1110. The smallest absolute Gasteiger partial charge is 0.186 e. The van der Waals surface area contributed by atoms with Crippen molar-refractivity contribution in [2.75, 3.05) is 11.6 Å². The van der Waals surface area contributed by atoms with E-state index >= 15 is 0 Å². The summed E-state index contributed by atoms with van der Waals surface area (Å²) in [6, 6.07) is 14.6. The van der Waals surface area contributed by atoms with Crippen molar-refractivity contribution < 1.29 is 8.42 Å². The van der Waals surface area contributed by atoms with Crippen molar-refractivity contribution in [3.63, 3.8) is 0 Å². The van der Waals surface area contributed by atoms with Gasteiger partial charge >= 0.3 is 0 Å². The van der Waals surface area contributed by atoms with Crippen LogP contribution in [0.2, 0.25) is 0 Å². The van der Waals surface area contributed by atoms with E-state index in [0.717, 1.165) is 16.5 Å². The maximum Gasteiger partial charge on any atom is 0.186 e. The number of rotatable bonds is 4. The van der Waals surface area contributed by atoms with Crippen LogP contribution in [0.25, 0.3) is 22.0 Å². The fraction of sp³-hybridized carbons (Fsp3) is 0.211. The standard InChI is InChI=1S/C19H18N4O2S/c1-12(2)21-19-16-10-14(6-9-17(16)22-23-18(19)11-20)13-4-7-15(8-5-13)26(3,24)25/h4-10,12H,1-3H3,(H,21,22). The van der Waals surface area contributed by atoms with Gasteiger partial charge in [0, 0.05) is 17.7 Å². The van der Waals surface area contributed by atoms with Gasteiger partial charge in [-0.2, -0.15) is 5.26 Å². The first kappa shape index (κ1) is 17.8. The van der Waals surface area contributed by atoms with Gasteiger partial charge in [0.1, 0.15) is 6.07 Å². The van der Waals surface area contributed by atoms with Gasteiger partial charge in [-0.25, -0.2) is 8.42 Å². The number of sulfone groups is 1. The Morgan fingerprint density at radius 2 is 1.69 bits per heavy atom. The predicted molar refractivity (Wildman–Crippen MR) is 102 cm³/mol. The van der Waals surface area contributed by atoms with Crippen LogP contribution in [0, 0.1) is 11.3 Å². The van der Waals surface area contributed by atoms with Crippen LogP contribution in [0.15, 0.2) is 47.4 Å². The van der Waals surface area contributed by atoms with Gasteiger partial charge in [-0.1, -0.05) is 18.2 Å². The van der Waals surface area contributed by atoms with Crippen LogP contribution in [0.5, 0.6) is 0 Å². The second kappa shape index (κ2) is 6.73. The van der Waals surface area contributed by atoms with Gasteiger partial charge in [0.25, 0.3) is 0 Å². The third-order valence-electron chi connectivity index (χ3n) is 3.92. The third-order valence-corrected chi connectivity index (χ3v) is 5.04. The predicted octanol–water partition coefficient (Wildman–Crippen LogP) is 3.39. The second-order valence-electron chi connectivity index (χ2n) is 6.36. The van der Waals surface area contributed by atoms with Gasteiger partial charge in [0.15, 0.2) is 15.5 Å². The van der Waals surface area contributed by atoms with Crippen molar-refractivity contribution in [1.82, 2.24) is 10.2 Å². The Morgan fingerprint density at radius 1 is 1.04 bits per heavy atom. The molecule has 0 unspecified atom stereocenters. The first-order valence-electron chi connectivity index (χ1n) is 8.07. The van der Waals surface area contributed by atoms with Crippen LogP contribution in [-0.2, 0) is 9.84 Å². The minimum absolute atomic E-state index is 0.132. The van der Waals surface area contributed by atoms with E-state index in [4.69, 9.17) is 0 Å². The number of nitrogens with one attached hydrogen (secondary N) is 1. The van der Waals surface area contributed by atoms with Crippen LogP contribution < -0.4 is 5.32 Å². The minimum Gasteiger partial charge on any atom is -0.380 e. The first-order chi connectivity index (χ1) is 12.3. The number of benzene rings is 2. The van der Waals surface area contributed by atoms with E-state index in [9.17, 15) is 13.7 Å². The van der Waals surface area contributed by atoms with Gasteiger partial charge in [-0.3, -0.25) is 0 Å². The number of anilines is 1. The largest absolute Gasteiger partial charge is 0.380 e. The van der Waals surface area contributed by atoms with Gasteiger partial charge in [0.2, 0.25) is 0 Å². The highest BCUT2D eigenvalue weighted by molar-refractivity contribution is 7.90. The lowest BCUT2D eigenvalue weighted by atomic mass is 10.0. The number of hydrogen-bond donors (Lipinski definition) is 1. The molecular weight excluding hydrogens is 348 g/mol. The summed E-state index contributed by atoms with van der Waals surface area (Å²) in [5.74, 6) is 0. The molecule has 0 spiro atoms. The summed E-state index contributed by atoms with van der Waals surface area (Å²) in [5.41, 5.74) is 3.37. The van der Waals surface area contributed by atoms with E-state index in [2.05, 4.69) is 21.6 Å². The molecule has 1 heterocycles. The fourth-order valence-electron chi connectivity index (χ4n) is 2.69. The normalized spacial score (nSPS) is 11.5. The molecule has 2 aromatic carbocycles. The summed E-state index contributed by atoms with van der Waals surface area (Å²) in [6.45, 7) is 3.97. The molecule has 132 valence electrons. The zero-order valence-corrected chi connectivity index (χ0v) is 15.5. The Labute approximate surface area is 152 Å². The van der Waals surface area contributed by atoms with E-state index in [1.807, 2.05) is 32.0 Å². The molecule has 1 N–H and O–H groups in total. The molecule has 6 nitrogen and oxygen atoms in total. The van der Waals surface area contributed by atoms with Crippen LogP contribution in [-0.4, -0.2) is 30.9 Å². The van der Waals surface area contributed by atoms with Gasteiger partial charge in [-0.15, -0.1) is 10.2 Å². The summed E-state index contributed by atoms with van der Waals surface area (Å²) in [4.78, 5) is 0.279. The van der Waals surface area contributed by atoms with Crippen LogP contribution in [0.1, 0.15) is 19.5 Å². The van der Waals surface area contributed by atoms with Gasteiger partial charge < -0.3 is 5.32 Å². The van der Waals surface area contributed by atoms with E-state index in [0.29, 0.717) is 11.2 Å². The molecule has 0 radical (unpaired) electrons. The van der Waals surface area contributed by atoms with E-state index < -0.39 is 9.84 Å². The Hall–Kier alpha value is -2.98. The van der Waals surface area contributed by atoms with Crippen LogP contribution in [0.4, 0.5) is 5.69 Å². The average Bonchev–Trinajstić information content (AvgIpc) is 2.60. The molecule has 1 aromatic heterocycles. The van der Waals surface area contributed by atoms with Crippen molar-refractivity contribution in [3.05, 3.63) is 48.2 Å². The minimum atomic E-state index is -3.23. The summed E-state index contributed by atoms with van der Waals surface area (Å²) >= 11 is 0. The Balaban J connectivity index is 2.15. The molecule has 0 fully saturated rings. The zero-order chi connectivity index (χ0) is 18.9. The Kier molecular flexibility index (Phi) is 4.62. The molecule has 0 aliphatic heterocycles. The SMILES string of the molecule is CC(C)Nc1c(C#N)nnc2ccc(-c3ccc(S(C)(=O)=O)cc3)cc12. The zero-order valence-electron chi connectivity index (χ0n) is 14.7. The number of nitriles is 1. The molecule has 0 saturated carbocycles. The fourth-order valence-corrected chi connectivity index (χ4v) is 3.32. The molecule has 3 aromatic rings. The summed E-state index contributed by atoms with van der Waals surface area (Å²) in [5, 5.41) is 21.5. The van der Waals surface area contributed by atoms with E-state index in [-0.39, 0.29) is 16.6 Å². The maximum atomic E-state index is 11.6. The summed E-state index contributed by atoms with van der Waals surface area (Å²) < 4.78 is 23.2. The number of fused-ring (bicyclic) bond motifs is 1. The van der Waals surface area contributed by atoms with Gasteiger partial charge in [0.05, 0.1) is 16.1 Å². The molecule has 0 saturated heterocycles. The highest BCUT2D eigenvalue weighted by Crippen LogP contribution is 2.30. The topological polar surface area (TPSA) is 95.7 Å². The molecule has 0 aliphatic carbocycles. The molecule has 0 bridgehead atoms. The lowest BCUT2D eigenvalue weighted by Crippen LogP contribution is -2.12. The maximum absolute atomic E-state index is 11.6. The van der Waals surface area contributed by atoms with Crippen molar-refractivity contribution in [3.8, 4) is 17.2 Å². The lowest BCUT2D eigenvalue weighted by molar-refractivity contribution is 0.602. The average molecular weight is 366 g/mol. The van der Waals surface area contributed by atoms with Crippen molar-refractivity contribution in [2.45, 2.75) is 24.8 Å². The molecule has 3 rings (SSSR count). The number of hydrogen-bond acceptors (Lipinski definition) is 6. The summed E-state index contributed by atoms with van der Waals surface area (Å²) in [6.07, 6.45) is 1.18. The third kappa shape index (κ3) is 3.51. The quantitative estimate of drug-likeness (QED) is 0.760. The molecule has 0 atom stereocenters. The van der Waals surface area contributed by atoms with Crippen molar-refractivity contribution in [2.24, 2.45) is 0 Å². The second-order valence-corrected chi connectivity index (χ2v) is 8.38. The summed E-state index contributed by atoms with van der Waals surface area (Å²) in [7, 11) is -3.23. The highest BCUT2D eigenvalue weighted by Gasteiger charge is 2.13. The number of aromatic nitrogens is 2. The van der Waals surface area contributed by atoms with E-state index in [1.54, 1.807) is 24.3 Å². The van der Waals surface area contributed by atoms with Gasteiger partial charge in [-0.05, 0) is 49.2 Å². The number of nitrogens with zero attached hydrogens (tertiary/aromatic N) is 3. The molecule has 0 amide bonds. The molecule has 7 heteroatoms. The molecule has 0 aliphatic rings. The first-order valence-corrected chi connectivity index (χ1v) is 9.96. The molecule has 26 heavy (non-hydrogen) atoms. The monoisotopic (exact) mass is 366 g/mol. The Morgan fingerprint density at radius 3 is 2.27 bits per heavy atom. The van der Waals surface area contributed by atoms with E-state index in [1.165, 1.54) is 6.26 Å². The molecular formula is C19H18N4O2S. The van der Waals surface area contributed by atoms with Crippen LogP contribution in [0.3, 0.4) is 0 Å².